The molecule has 0 atom stereocenters. The average molecular weight is 344 g/mol. The van der Waals surface area contributed by atoms with E-state index in [1.807, 2.05) is 32.0 Å². The Morgan fingerprint density at radius 2 is 1.91 bits per heavy atom. The van der Waals surface area contributed by atoms with Crippen LogP contribution in [0.15, 0.2) is 23.6 Å². The Bertz CT molecular complexity index is 678. The van der Waals surface area contributed by atoms with Gasteiger partial charge in [-0.3, -0.25) is 4.79 Å². The van der Waals surface area contributed by atoms with Crippen molar-refractivity contribution in [2.45, 2.75) is 26.4 Å². The third kappa shape index (κ3) is 5.24. The lowest BCUT2D eigenvalue weighted by molar-refractivity contribution is -0.140. The molecular formula is C15H15F3N2O2S. The molecular weight excluding hydrogens is 329 g/mol. The Labute approximate surface area is 135 Å². The molecule has 0 saturated heterocycles. The largest absolute Gasteiger partial charge is 0.493 e. The van der Waals surface area contributed by atoms with Crippen LogP contribution in [0.4, 0.5) is 18.3 Å². The predicted molar refractivity (Wildman–Crippen MR) is 81.8 cm³/mol. The van der Waals surface area contributed by atoms with Crippen LogP contribution in [0.3, 0.4) is 0 Å². The van der Waals surface area contributed by atoms with Crippen LogP contribution >= 0.6 is 11.3 Å². The zero-order valence-electron chi connectivity index (χ0n) is 12.5. The second kappa shape index (κ2) is 6.99. The molecule has 1 aromatic carbocycles. The molecule has 0 aliphatic heterocycles. The first-order valence-electron chi connectivity index (χ1n) is 6.78. The Hall–Kier alpha value is -2.09. The van der Waals surface area contributed by atoms with Crippen molar-refractivity contribution in [1.82, 2.24) is 4.98 Å². The Balaban J connectivity index is 1.82. The summed E-state index contributed by atoms with van der Waals surface area (Å²) in [5.74, 6) is 0.210. The van der Waals surface area contributed by atoms with Crippen LogP contribution < -0.4 is 10.1 Å². The van der Waals surface area contributed by atoms with Gasteiger partial charge in [0.15, 0.2) is 10.8 Å². The number of ether oxygens (including phenoxy) is 1. The van der Waals surface area contributed by atoms with Crippen molar-refractivity contribution < 1.29 is 22.7 Å². The summed E-state index contributed by atoms with van der Waals surface area (Å²) in [6.07, 6.45) is -4.49. The standard InChI is InChI=1S/C15H15F3N2O2S/c1-9-5-10(2)7-11(6-9)22-4-3-13(21)20-14-19-12(8-23-14)15(16,17)18/h5-8H,3-4H2,1-2H3,(H,19,20,21). The second-order valence-electron chi connectivity index (χ2n) is 5.01. The molecule has 2 rings (SSSR count). The molecule has 0 saturated carbocycles. The predicted octanol–water partition coefficient (Wildman–Crippen LogP) is 4.19. The highest BCUT2D eigenvalue weighted by Gasteiger charge is 2.33. The summed E-state index contributed by atoms with van der Waals surface area (Å²) in [7, 11) is 0. The molecule has 0 unspecified atom stereocenters. The lowest BCUT2D eigenvalue weighted by Crippen LogP contribution is -2.15. The summed E-state index contributed by atoms with van der Waals surface area (Å²) >= 11 is 0.735. The number of rotatable bonds is 5. The lowest BCUT2D eigenvalue weighted by atomic mass is 10.1. The van der Waals surface area contributed by atoms with Crippen molar-refractivity contribution in [2.24, 2.45) is 0 Å². The van der Waals surface area contributed by atoms with Crippen molar-refractivity contribution in [3.8, 4) is 5.75 Å². The number of carbonyl (C=O) groups excluding carboxylic acids is 1. The second-order valence-corrected chi connectivity index (χ2v) is 5.86. The molecule has 1 aromatic heterocycles. The first-order valence-corrected chi connectivity index (χ1v) is 7.65. The SMILES string of the molecule is Cc1cc(C)cc(OCCC(=O)Nc2nc(C(F)(F)F)cs2)c1. The zero-order chi connectivity index (χ0) is 17.0. The summed E-state index contributed by atoms with van der Waals surface area (Å²) in [5, 5.41) is 3.12. The van der Waals surface area contributed by atoms with E-state index in [1.165, 1.54) is 0 Å². The summed E-state index contributed by atoms with van der Waals surface area (Å²) in [5.41, 5.74) is 1.09. The Morgan fingerprint density at radius 1 is 1.26 bits per heavy atom. The van der Waals surface area contributed by atoms with Gasteiger partial charge in [-0.05, 0) is 37.1 Å². The summed E-state index contributed by atoms with van der Waals surface area (Å²) in [4.78, 5) is 15.0. The van der Waals surface area contributed by atoms with Crippen molar-refractivity contribution in [1.29, 1.82) is 0 Å². The number of aryl methyl sites for hydroxylation is 2. The molecule has 1 N–H and O–H groups in total. The lowest BCUT2D eigenvalue weighted by Gasteiger charge is -2.08. The van der Waals surface area contributed by atoms with Gasteiger partial charge in [0.25, 0.3) is 0 Å². The van der Waals surface area contributed by atoms with E-state index in [2.05, 4.69) is 10.3 Å². The first kappa shape index (κ1) is 17.3. The van der Waals surface area contributed by atoms with Gasteiger partial charge in [-0.1, -0.05) is 6.07 Å². The van der Waals surface area contributed by atoms with E-state index in [0.29, 0.717) is 5.75 Å². The van der Waals surface area contributed by atoms with Crippen LogP contribution in [-0.2, 0) is 11.0 Å². The normalized spacial score (nSPS) is 11.3. The number of hydrogen-bond acceptors (Lipinski definition) is 4. The number of amides is 1. The van der Waals surface area contributed by atoms with E-state index in [4.69, 9.17) is 4.74 Å². The maximum Gasteiger partial charge on any atom is 0.434 e. The van der Waals surface area contributed by atoms with Gasteiger partial charge in [0.05, 0.1) is 13.0 Å². The Morgan fingerprint density at radius 3 is 2.48 bits per heavy atom. The molecule has 8 heteroatoms. The minimum absolute atomic E-state index is 0.0217. The van der Waals surface area contributed by atoms with Gasteiger partial charge in [0.1, 0.15) is 5.75 Å². The maximum atomic E-state index is 12.4. The number of alkyl halides is 3. The topological polar surface area (TPSA) is 51.2 Å². The third-order valence-corrected chi connectivity index (χ3v) is 3.59. The first-order chi connectivity index (χ1) is 10.7. The molecule has 1 heterocycles. The van der Waals surface area contributed by atoms with Gasteiger partial charge in [-0.25, -0.2) is 4.98 Å². The number of aromatic nitrogens is 1. The summed E-state index contributed by atoms with van der Waals surface area (Å²) in [6, 6.07) is 5.70. The highest BCUT2D eigenvalue weighted by Crippen LogP contribution is 2.31. The van der Waals surface area contributed by atoms with Crippen molar-refractivity contribution >= 4 is 22.4 Å². The number of nitrogens with zero attached hydrogens (tertiary/aromatic N) is 1. The van der Waals surface area contributed by atoms with Gasteiger partial charge in [-0.2, -0.15) is 13.2 Å². The van der Waals surface area contributed by atoms with Crippen molar-refractivity contribution in [2.75, 3.05) is 11.9 Å². The molecule has 0 aliphatic carbocycles. The van der Waals surface area contributed by atoms with Gasteiger partial charge in [-0.15, -0.1) is 11.3 Å². The Kier molecular flexibility index (Phi) is 5.25. The molecule has 4 nitrogen and oxygen atoms in total. The smallest absolute Gasteiger partial charge is 0.434 e. The van der Waals surface area contributed by atoms with E-state index in [9.17, 15) is 18.0 Å². The highest BCUT2D eigenvalue weighted by atomic mass is 32.1. The molecule has 0 bridgehead atoms. The number of nitrogens with one attached hydrogen (secondary N) is 1. The fourth-order valence-corrected chi connectivity index (χ4v) is 2.65. The quantitative estimate of drug-likeness (QED) is 0.885. The molecule has 0 aliphatic rings. The minimum Gasteiger partial charge on any atom is -0.493 e. The van der Waals surface area contributed by atoms with Gasteiger partial charge in [0.2, 0.25) is 5.91 Å². The number of anilines is 1. The summed E-state index contributed by atoms with van der Waals surface area (Å²) in [6.45, 7) is 4.01. The number of thiazole rings is 1. The summed E-state index contributed by atoms with van der Waals surface area (Å²) < 4.78 is 42.7. The molecule has 2 aromatic rings. The van der Waals surface area contributed by atoms with Crippen molar-refractivity contribution in [3.05, 3.63) is 40.4 Å². The number of carbonyl (C=O) groups is 1. The fraction of sp³-hybridized carbons (Fsp3) is 0.333. The molecule has 0 radical (unpaired) electrons. The number of benzene rings is 1. The minimum atomic E-state index is -4.51. The zero-order valence-corrected chi connectivity index (χ0v) is 13.3. The van der Waals surface area contributed by atoms with E-state index in [-0.39, 0.29) is 18.2 Å². The monoisotopic (exact) mass is 344 g/mol. The van der Waals surface area contributed by atoms with Crippen LogP contribution in [-0.4, -0.2) is 17.5 Å². The average Bonchev–Trinajstić information content (AvgIpc) is 2.85. The van der Waals surface area contributed by atoms with E-state index in [1.54, 1.807) is 0 Å². The van der Waals surface area contributed by atoms with Gasteiger partial charge in [0, 0.05) is 5.38 Å². The number of hydrogen-bond donors (Lipinski definition) is 1. The molecule has 23 heavy (non-hydrogen) atoms. The molecule has 1 amide bonds. The van der Waals surface area contributed by atoms with Crippen molar-refractivity contribution in [3.63, 3.8) is 0 Å². The molecule has 0 spiro atoms. The van der Waals surface area contributed by atoms with Gasteiger partial charge >= 0.3 is 6.18 Å². The third-order valence-electron chi connectivity index (χ3n) is 2.83. The molecule has 0 fully saturated rings. The van der Waals surface area contributed by atoms with E-state index < -0.39 is 17.8 Å². The van der Waals surface area contributed by atoms with Crippen LogP contribution in [0.1, 0.15) is 23.2 Å². The van der Waals surface area contributed by atoms with Crippen LogP contribution in [0.2, 0.25) is 0 Å². The van der Waals surface area contributed by atoms with E-state index >= 15 is 0 Å². The number of halogens is 3. The van der Waals surface area contributed by atoms with E-state index in [0.717, 1.165) is 27.8 Å². The highest BCUT2D eigenvalue weighted by molar-refractivity contribution is 7.13. The van der Waals surface area contributed by atoms with Crippen LogP contribution in [0.5, 0.6) is 5.75 Å². The fourth-order valence-electron chi connectivity index (χ4n) is 1.92. The van der Waals surface area contributed by atoms with Crippen LogP contribution in [0.25, 0.3) is 0 Å². The maximum absolute atomic E-state index is 12.4. The van der Waals surface area contributed by atoms with Crippen LogP contribution in [0, 0.1) is 13.8 Å². The van der Waals surface area contributed by atoms with Gasteiger partial charge < -0.3 is 10.1 Å². The molecule has 124 valence electrons.